The molecule has 0 heterocycles. The van der Waals surface area contributed by atoms with Gasteiger partial charge >= 0.3 is 0 Å². The molecule has 0 aliphatic carbocycles. The summed E-state index contributed by atoms with van der Waals surface area (Å²) in [6.45, 7) is 7.26. The number of nitrogens with zero attached hydrogens (tertiary/aromatic N) is 1. The maximum absolute atomic E-state index is 5.87. The van der Waals surface area contributed by atoms with Gasteiger partial charge in [-0.25, -0.2) is 0 Å². The van der Waals surface area contributed by atoms with Gasteiger partial charge in [-0.1, -0.05) is 12.1 Å². The summed E-state index contributed by atoms with van der Waals surface area (Å²) in [6.07, 6.45) is 0. The number of anilines is 3. The van der Waals surface area contributed by atoms with E-state index in [0.717, 1.165) is 17.8 Å². The van der Waals surface area contributed by atoms with Gasteiger partial charge in [0.1, 0.15) is 0 Å². The average Bonchev–Trinajstić information content (AvgIpc) is 2.35. The molecule has 0 radical (unpaired) electrons. The van der Waals surface area contributed by atoms with Crippen LogP contribution in [0.5, 0.6) is 0 Å². The maximum Gasteiger partial charge on any atom is 0.0414 e. The van der Waals surface area contributed by atoms with Crippen LogP contribution in [0.25, 0.3) is 0 Å². The normalized spacial score (nSPS) is 10.4. The molecule has 0 aliphatic rings. The summed E-state index contributed by atoms with van der Waals surface area (Å²) in [5, 5.41) is 0. The third-order valence-electron chi connectivity index (χ3n) is 3.19. The van der Waals surface area contributed by atoms with Gasteiger partial charge in [0.2, 0.25) is 0 Å². The summed E-state index contributed by atoms with van der Waals surface area (Å²) in [7, 11) is 0. The van der Waals surface area contributed by atoms with Crippen LogP contribution in [0.4, 0.5) is 17.1 Å². The third-order valence-corrected chi connectivity index (χ3v) is 3.19. The van der Waals surface area contributed by atoms with Gasteiger partial charge in [-0.2, -0.15) is 0 Å². The predicted molar refractivity (Wildman–Crippen MR) is 79.5 cm³/mol. The monoisotopic (exact) mass is 240 g/mol. The van der Waals surface area contributed by atoms with Crippen molar-refractivity contribution in [3.8, 4) is 0 Å². The Bertz CT molecular complexity index is 547. The maximum atomic E-state index is 5.87. The Morgan fingerprint density at radius 1 is 1.00 bits per heavy atom. The first-order chi connectivity index (χ1) is 8.61. The average molecular weight is 240 g/mol. The van der Waals surface area contributed by atoms with Crippen molar-refractivity contribution in [2.45, 2.75) is 20.8 Å². The molecule has 0 spiro atoms. The lowest BCUT2D eigenvalue weighted by atomic mass is 10.1. The largest absolute Gasteiger partial charge is 0.399 e. The van der Waals surface area contributed by atoms with Crippen molar-refractivity contribution in [3.05, 3.63) is 53.6 Å². The molecule has 0 amide bonds. The Kier molecular flexibility index (Phi) is 3.56. The molecule has 0 saturated carbocycles. The second-order valence-corrected chi connectivity index (χ2v) is 4.62. The van der Waals surface area contributed by atoms with Crippen LogP contribution in [0, 0.1) is 13.8 Å². The molecule has 0 bridgehead atoms. The highest BCUT2D eigenvalue weighted by molar-refractivity contribution is 5.67. The summed E-state index contributed by atoms with van der Waals surface area (Å²) in [6, 6.07) is 14.7. The Labute approximate surface area is 109 Å². The van der Waals surface area contributed by atoms with Crippen molar-refractivity contribution >= 4 is 17.1 Å². The first-order valence-corrected chi connectivity index (χ1v) is 6.32. The van der Waals surface area contributed by atoms with E-state index < -0.39 is 0 Å². The Balaban J connectivity index is 2.42. The van der Waals surface area contributed by atoms with Crippen molar-refractivity contribution in [2.75, 3.05) is 17.2 Å². The quantitative estimate of drug-likeness (QED) is 0.820. The van der Waals surface area contributed by atoms with E-state index in [-0.39, 0.29) is 0 Å². The fraction of sp³-hybridized carbons (Fsp3) is 0.250. The zero-order chi connectivity index (χ0) is 13.1. The lowest BCUT2D eigenvalue weighted by molar-refractivity contribution is 1.02. The van der Waals surface area contributed by atoms with Crippen LogP contribution < -0.4 is 10.6 Å². The molecule has 0 fully saturated rings. The van der Waals surface area contributed by atoms with Crippen LogP contribution in [0.2, 0.25) is 0 Å². The molecule has 2 aromatic rings. The Hall–Kier alpha value is -1.96. The fourth-order valence-electron chi connectivity index (χ4n) is 2.14. The molecular weight excluding hydrogens is 220 g/mol. The van der Waals surface area contributed by atoms with E-state index in [1.165, 1.54) is 16.9 Å². The molecule has 94 valence electrons. The summed E-state index contributed by atoms with van der Waals surface area (Å²) in [5.74, 6) is 0. The molecular formula is C16H20N2. The van der Waals surface area contributed by atoms with Gasteiger partial charge in [-0.15, -0.1) is 0 Å². The van der Waals surface area contributed by atoms with Crippen molar-refractivity contribution in [1.82, 2.24) is 0 Å². The molecule has 18 heavy (non-hydrogen) atoms. The highest BCUT2D eigenvalue weighted by Gasteiger charge is 2.08. The first-order valence-electron chi connectivity index (χ1n) is 6.32. The molecule has 0 atom stereocenters. The van der Waals surface area contributed by atoms with Crippen molar-refractivity contribution in [3.63, 3.8) is 0 Å². The van der Waals surface area contributed by atoms with Crippen LogP contribution in [-0.4, -0.2) is 6.54 Å². The number of benzene rings is 2. The Morgan fingerprint density at radius 2 is 1.72 bits per heavy atom. The van der Waals surface area contributed by atoms with E-state index in [1.54, 1.807) is 0 Å². The minimum absolute atomic E-state index is 0.846. The molecule has 2 heteroatoms. The van der Waals surface area contributed by atoms with E-state index in [4.69, 9.17) is 5.73 Å². The van der Waals surface area contributed by atoms with Gasteiger partial charge in [0, 0.05) is 23.6 Å². The minimum Gasteiger partial charge on any atom is -0.399 e. The molecule has 0 saturated heterocycles. The van der Waals surface area contributed by atoms with Crippen LogP contribution in [-0.2, 0) is 0 Å². The highest BCUT2D eigenvalue weighted by atomic mass is 15.1. The van der Waals surface area contributed by atoms with E-state index in [9.17, 15) is 0 Å². The summed E-state index contributed by atoms with van der Waals surface area (Å²) >= 11 is 0. The van der Waals surface area contributed by atoms with Crippen LogP contribution in [0.1, 0.15) is 18.1 Å². The molecule has 2 nitrogen and oxygen atoms in total. The second-order valence-electron chi connectivity index (χ2n) is 4.62. The minimum atomic E-state index is 0.846. The number of nitrogens with two attached hydrogens (primary N) is 1. The smallest absolute Gasteiger partial charge is 0.0414 e. The molecule has 0 aliphatic heterocycles. The van der Waals surface area contributed by atoms with Crippen molar-refractivity contribution in [2.24, 2.45) is 0 Å². The van der Waals surface area contributed by atoms with Gasteiger partial charge in [-0.05, 0) is 62.2 Å². The number of hydrogen-bond acceptors (Lipinski definition) is 2. The highest BCUT2D eigenvalue weighted by Crippen LogP contribution is 2.28. The molecule has 0 unspecified atom stereocenters. The molecule has 0 aromatic heterocycles. The van der Waals surface area contributed by atoms with Gasteiger partial charge in [0.05, 0.1) is 0 Å². The Morgan fingerprint density at radius 3 is 2.33 bits per heavy atom. The molecule has 2 N–H and O–H groups in total. The first kappa shape index (κ1) is 12.5. The predicted octanol–water partition coefficient (Wildman–Crippen LogP) is 4.04. The summed E-state index contributed by atoms with van der Waals surface area (Å²) < 4.78 is 0. The van der Waals surface area contributed by atoms with Crippen molar-refractivity contribution in [1.29, 1.82) is 0 Å². The third kappa shape index (κ3) is 2.48. The zero-order valence-electron chi connectivity index (χ0n) is 11.3. The lowest BCUT2D eigenvalue weighted by Gasteiger charge is -2.24. The number of nitrogen functional groups attached to an aromatic ring is 1. The molecule has 2 rings (SSSR count). The van der Waals surface area contributed by atoms with E-state index in [1.807, 2.05) is 13.0 Å². The van der Waals surface area contributed by atoms with E-state index in [0.29, 0.717) is 0 Å². The number of hydrogen-bond donors (Lipinski definition) is 1. The van der Waals surface area contributed by atoms with Gasteiger partial charge < -0.3 is 10.6 Å². The SMILES string of the molecule is CCN(c1cccc(C)c1)c1ccc(N)c(C)c1. The van der Waals surface area contributed by atoms with Gasteiger partial charge in [0.15, 0.2) is 0 Å². The summed E-state index contributed by atoms with van der Waals surface area (Å²) in [5.41, 5.74) is 11.5. The van der Waals surface area contributed by atoms with Crippen LogP contribution in [0.15, 0.2) is 42.5 Å². The van der Waals surface area contributed by atoms with Crippen LogP contribution >= 0.6 is 0 Å². The number of aryl methyl sites for hydroxylation is 2. The molecule has 2 aromatic carbocycles. The second kappa shape index (κ2) is 5.13. The number of rotatable bonds is 3. The van der Waals surface area contributed by atoms with Gasteiger partial charge in [0.25, 0.3) is 0 Å². The van der Waals surface area contributed by atoms with Gasteiger partial charge in [-0.3, -0.25) is 0 Å². The van der Waals surface area contributed by atoms with Crippen LogP contribution in [0.3, 0.4) is 0 Å². The topological polar surface area (TPSA) is 29.3 Å². The standard InChI is InChI=1S/C16H20N2/c1-4-18(14-7-5-6-12(2)10-14)15-8-9-16(17)13(3)11-15/h5-11H,4,17H2,1-3H3. The zero-order valence-corrected chi connectivity index (χ0v) is 11.3. The van der Waals surface area contributed by atoms with E-state index in [2.05, 4.69) is 55.1 Å². The van der Waals surface area contributed by atoms with Crippen molar-refractivity contribution < 1.29 is 0 Å². The lowest BCUT2D eigenvalue weighted by Crippen LogP contribution is -2.16. The summed E-state index contributed by atoms with van der Waals surface area (Å²) in [4.78, 5) is 2.29. The van der Waals surface area contributed by atoms with E-state index >= 15 is 0 Å². The fourth-order valence-corrected chi connectivity index (χ4v) is 2.14.